The topological polar surface area (TPSA) is 54.3 Å². The van der Waals surface area contributed by atoms with Gasteiger partial charge in [-0.25, -0.2) is 9.67 Å². The van der Waals surface area contributed by atoms with E-state index in [0.29, 0.717) is 17.3 Å². The van der Waals surface area contributed by atoms with Gasteiger partial charge in [0, 0.05) is 29.9 Å². The van der Waals surface area contributed by atoms with Gasteiger partial charge in [0.2, 0.25) is 0 Å². The fourth-order valence-corrected chi connectivity index (χ4v) is 3.81. The minimum Gasteiger partial charge on any atom is -0.357 e. The minimum absolute atomic E-state index is 0.0894. The summed E-state index contributed by atoms with van der Waals surface area (Å²) >= 11 is 5.94. The highest BCUT2D eigenvalue weighted by Gasteiger charge is 2.32. The Kier molecular flexibility index (Phi) is 3.86. The molecule has 2 aliphatic heterocycles. The summed E-state index contributed by atoms with van der Waals surface area (Å²) in [6, 6.07) is 11.4. The molecule has 0 bridgehead atoms. The first-order valence-corrected chi connectivity index (χ1v) is 9.44. The summed E-state index contributed by atoms with van der Waals surface area (Å²) in [4.78, 5) is 21.4. The van der Waals surface area contributed by atoms with E-state index in [9.17, 15) is 4.79 Å². The lowest BCUT2D eigenvalue weighted by atomic mass is 10.3. The predicted octanol–water partition coefficient (Wildman–Crippen LogP) is 3.68. The molecule has 136 valence electrons. The van der Waals surface area contributed by atoms with Gasteiger partial charge >= 0.3 is 0 Å². The van der Waals surface area contributed by atoms with E-state index in [1.165, 1.54) is 12.8 Å². The Hall–Kier alpha value is -2.86. The third-order valence-corrected chi connectivity index (χ3v) is 5.38. The van der Waals surface area contributed by atoms with Crippen LogP contribution in [0.2, 0.25) is 5.02 Å². The SMILES string of the molecule is O=C1c2nn(-c3ccc(Cl)cc3)cc2CN1c1ccc(N2CCCC2)nc1. The van der Waals surface area contributed by atoms with Crippen LogP contribution in [0.25, 0.3) is 5.69 Å². The number of hydrogen-bond acceptors (Lipinski definition) is 4. The first kappa shape index (κ1) is 16.3. The fraction of sp³-hybridized carbons (Fsp3) is 0.250. The van der Waals surface area contributed by atoms with Crippen LogP contribution in [0.3, 0.4) is 0 Å². The number of halogens is 1. The molecule has 0 saturated carbocycles. The molecule has 0 aliphatic carbocycles. The molecule has 7 heteroatoms. The van der Waals surface area contributed by atoms with E-state index < -0.39 is 0 Å². The van der Waals surface area contributed by atoms with E-state index in [-0.39, 0.29) is 5.91 Å². The molecule has 2 aliphatic rings. The van der Waals surface area contributed by atoms with Crippen LogP contribution in [-0.2, 0) is 6.54 Å². The summed E-state index contributed by atoms with van der Waals surface area (Å²) in [5.74, 6) is 0.891. The number of aromatic nitrogens is 3. The quantitative estimate of drug-likeness (QED) is 0.696. The lowest BCUT2D eigenvalue weighted by Crippen LogP contribution is -2.25. The maximum absolute atomic E-state index is 12.8. The number of rotatable bonds is 3. The molecule has 1 fully saturated rings. The van der Waals surface area contributed by atoms with Gasteiger partial charge in [0.25, 0.3) is 5.91 Å². The van der Waals surface area contributed by atoms with Crippen molar-refractivity contribution in [2.75, 3.05) is 22.9 Å². The molecule has 0 unspecified atom stereocenters. The van der Waals surface area contributed by atoms with E-state index in [1.54, 1.807) is 15.8 Å². The van der Waals surface area contributed by atoms with Crippen LogP contribution in [0.15, 0.2) is 48.8 Å². The van der Waals surface area contributed by atoms with Crippen molar-refractivity contribution in [2.45, 2.75) is 19.4 Å². The van der Waals surface area contributed by atoms with E-state index in [1.807, 2.05) is 42.6 Å². The number of fused-ring (bicyclic) bond motifs is 1. The molecular formula is C20H18ClN5O. The van der Waals surface area contributed by atoms with Crippen LogP contribution in [0.5, 0.6) is 0 Å². The average Bonchev–Trinajstić information content (AvgIpc) is 3.41. The van der Waals surface area contributed by atoms with Crippen molar-refractivity contribution in [1.82, 2.24) is 14.8 Å². The van der Waals surface area contributed by atoms with E-state index in [2.05, 4.69) is 15.0 Å². The Morgan fingerprint density at radius 3 is 2.37 bits per heavy atom. The van der Waals surface area contributed by atoms with Crippen molar-refractivity contribution in [2.24, 2.45) is 0 Å². The molecule has 0 spiro atoms. The molecule has 3 aromatic rings. The largest absolute Gasteiger partial charge is 0.357 e. The van der Waals surface area contributed by atoms with Gasteiger partial charge in [0.15, 0.2) is 5.69 Å². The molecule has 27 heavy (non-hydrogen) atoms. The minimum atomic E-state index is -0.0894. The maximum atomic E-state index is 12.8. The first-order valence-electron chi connectivity index (χ1n) is 9.06. The summed E-state index contributed by atoms with van der Waals surface area (Å²) in [6.07, 6.45) is 6.12. The van der Waals surface area contributed by atoms with Gasteiger partial charge in [0.05, 0.1) is 24.1 Å². The molecule has 5 rings (SSSR count). The third kappa shape index (κ3) is 2.86. The summed E-state index contributed by atoms with van der Waals surface area (Å²) in [5, 5.41) is 5.15. The number of carbonyl (C=O) groups is 1. The zero-order valence-electron chi connectivity index (χ0n) is 14.7. The highest BCUT2D eigenvalue weighted by Crippen LogP contribution is 2.29. The number of amides is 1. The molecule has 6 nitrogen and oxygen atoms in total. The zero-order chi connectivity index (χ0) is 18.4. The molecular weight excluding hydrogens is 362 g/mol. The van der Waals surface area contributed by atoms with Crippen LogP contribution in [0.1, 0.15) is 28.9 Å². The third-order valence-electron chi connectivity index (χ3n) is 5.13. The lowest BCUT2D eigenvalue weighted by molar-refractivity contribution is 0.0991. The molecule has 0 atom stereocenters. The standard InChI is InChI=1S/C20H18ClN5O/c21-15-3-5-16(6-4-15)26-13-14-12-25(20(27)19(14)23-26)17-7-8-18(22-11-17)24-9-1-2-10-24/h3-8,11,13H,1-2,9-10,12H2. The van der Waals surface area contributed by atoms with Gasteiger partial charge in [-0.3, -0.25) is 4.79 Å². The molecule has 1 aromatic carbocycles. The van der Waals surface area contributed by atoms with Gasteiger partial charge in [-0.1, -0.05) is 11.6 Å². The van der Waals surface area contributed by atoms with Crippen molar-refractivity contribution in [3.8, 4) is 5.69 Å². The number of pyridine rings is 1. The monoisotopic (exact) mass is 379 g/mol. The van der Waals surface area contributed by atoms with Crippen molar-refractivity contribution >= 4 is 29.0 Å². The Bertz CT molecular complexity index is 990. The summed E-state index contributed by atoms with van der Waals surface area (Å²) in [6.45, 7) is 2.62. The Morgan fingerprint density at radius 2 is 1.70 bits per heavy atom. The second kappa shape index (κ2) is 6.39. The van der Waals surface area contributed by atoms with Gasteiger partial charge in [-0.15, -0.1) is 0 Å². The van der Waals surface area contributed by atoms with Crippen LogP contribution in [-0.4, -0.2) is 33.8 Å². The first-order chi connectivity index (χ1) is 13.2. The average molecular weight is 380 g/mol. The van der Waals surface area contributed by atoms with Gasteiger partial charge in [0.1, 0.15) is 5.82 Å². The molecule has 4 heterocycles. The Labute approximate surface area is 162 Å². The van der Waals surface area contributed by atoms with E-state index >= 15 is 0 Å². The fourth-order valence-electron chi connectivity index (χ4n) is 3.68. The number of benzene rings is 1. The maximum Gasteiger partial charge on any atom is 0.279 e. The van der Waals surface area contributed by atoms with Crippen molar-refractivity contribution in [3.05, 3.63) is 65.1 Å². The molecule has 1 amide bonds. The van der Waals surface area contributed by atoms with Crippen molar-refractivity contribution < 1.29 is 4.79 Å². The normalized spacial score (nSPS) is 16.3. The van der Waals surface area contributed by atoms with Crippen LogP contribution >= 0.6 is 11.6 Å². The smallest absolute Gasteiger partial charge is 0.279 e. The van der Waals surface area contributed by atoms with Crippen LogP contribution in [0.4, 0.5) is 11.5 Å². The van der Waals surface area contributed by atoms with Crippen LogP contribution < -0.4 is 9.80 Å². The summed E-state index contributed by atoms with van der Waals surface area (Å²) in [5.41, 5.74) is 3.09. The zero-order valence-corrected chi connectivity index (χ0v) is 15.4. The van der Waals surface area contributed by atoms with Crippen molar-refractivity contribution in [1.29, 1.82) is 0 Å². The Morgan fingerprint density at radius 1 is 0.963 bits per heavy atom. The van der Waals surface area contributed by atoms with E-state index in [0.717, 1.165) is 35.8 Å². The highest BCUT2D eigenvalue weighted by atomic mass is 35.5. The van der Waals surface area contributed by atoms with E-state index in [4.69, 9.17) is 11.6 Å². The number of carbonyl (C=O) groups excluding carboxylic acids is 1. The number of anilines is 2. The second-order valence-electron chi connectivity index (χ2n) is 6.88. The van der Waals surface area contributed by atoms with Gasteiger partial charge in [-0.2, -0.15) is 5.10 Å². The highest BCUT2D eigenvalue weighted by molar-refractivity contribution is 6.30. The molecule has 0 radical (unpaired) electrons. The molecule has 0 N–H and O–H groups in total. The number of hydrogen-bond donors (Lipinski definition) is 0. The number of nitrogens with zero attached hydrogens (tertiary/aromatic N) is 5. The van der Waals surface area contributed by atoms with Gasteiger partial charge in [-0.05, 0) is 49.2 Å². The molecule has 1 saturated heterocycles. The predicted molar refractivity (Wildman–Crippen MR) is 105 cm³/mol. The van der Waals surface area contributed by atoms with Crippen molar-refractivity contribution in [3.63, 3.8) is 0 Å². The lowest BCUT2D eigenvalue weighted by Gasteiger charge is -2.19. The van der Waals surface area contributed by atoms with Gasteiger partial charge < -0.3 is 9.80 Å². The summed E-state index contributed by atoms with van der Waals surface area (Å²) in [7, 11) is 0. The molecule has 2 aromatic heterocycles. The second-order valence-corrected chi connectivity index (χ2v) is 7.32. The summed E-state index contributed by atoms with van der Waals surface area (Å²) < 4.78 is 1.73. The Balaban J connectivity index is 1.37. The van der Waals surface area contributed by atoms with Crippen LogP contribution in [0, 0.1) is 0 Å².